The summed E-state index contributed by atoms with van der Waals surface area (Å²) in [6.07, 6.45) is 0. The maximum Gasteiger partial charge on any atom is 0.140 e. The number of rotatable bonds is 3. The van der Waals surface area contributed by atoms with Gasteiger partial charge < -0.3 is 5.32 Å². The zero-order valence-electron chi connectivity index (χ0n) is 10.3. The highest BCUT2D eigenvalue weighted by Gasteiger charge is 2.12. The number of nitriles is 1. The molecule has 4 heteroatoms. The first-order chi connectivity index (χ1) is 9.10. The molecule has 2 aromatic rings. The van der Waals surface area contributed by atoms with Gasteiger partial charge in [0.2, 0.25) is 0 Å². The summed E-state index contributed by atoms with van der Waals surface area (Å²) in [7, 11) is 0. The van der Waals surface area contributed by atoms with Gasteiger partial charge in [0, 0.05) is 5.69 Å². The maximum absolute atomic E-state index is 13.2. The molecule has 0 saturated carbocycles. The van der Waals surface area contributed by atoms with Crippen LogP contribution in [0.4, 0.5) is 10.1 Å². The molecule has 2 nitrogen and oxygen atoms in total. The predicted molar refractivity (Wildman–Crippen MR) is 77.3 cm³/mol. The van der Waals surface area contributed by atoms with E-state index in [0.29, 0.717) is 4.47 Å². The standard InChI is InChI=1S/C15H12BrFN2/c1-10-3-2-4-12(7-10)19-15(9-18)11-5-6-14(17)13(16)8-11/h2-8,15,19H,1H3. The molecule has 0 spiro atoms. The van der Waals surface area contributed by atoms with Gasteiger partial charge in [0.1, 0.15) is 11.9 Å². The summed E-state index contributed by atoms with van der Waals surface area (Å²) >= 11 is 3.13. The van der Waals surface area contributed by atoms with E-state index in [0.717, 1.165) is 16.8 Å². The Kier molecular flexibility index (Phi) is 4.18. The van der Waals surface area contributed by atoms with Gasteiger partial charge >= 0.3 is 0 Å². The average molecular weight is 319 g/mol. The molecular weight excluding hydrogens is 307 g/mol. The fourth-order valence-corrected chi connectivity index (χ4v) is 2.18. The van der Waals surface area contributed by atoms with Crippen molar-refractivity contribution in [2.45, 2.75) is 13.0 Å². The van der Waals surface area contributed by atoms with Crippen molar-refractivity contribution >= 4 is 21.6 Å². The molecule has 96 valence electrons. The maximum atomic E-state index is 13.2. The fraction of sp³-hybridized carbons (Fsp3) is 0.133. The molecule has 0 aliphatic heterocycles. The van der Waals surface area contributed by atoms with Crippen LogP contribution in [0.25, 0.3) is 0 Å². The highest BCUT2D eigenvalue weighted by molar-refractivity contribution is 9.10. The first kappa shape index (κ1) is 13.6. The summed E-state index contributed by atoms with van der Waals surface area (Å²) in [5.74, 6) is -0.337. The van der Waals surface area contributed by atoms with Gasteiger partial charge in [-0.15, -0.1) is 0 Å². The van der Waals surface area contributed by atoms with E-state index in [4.69, 9.17) is 0 Å². The van der Waals surface area contributed by atoms with Crippen LogP contribution in [0, 0.1) is 24.1 Å². The normalized spacial score (nSPS) is 11.7. The molecule has 1 unspecified atom stereocenters. The largest absolute Gasteiger partial charge is 0.366 e. The van der Waals surface area contributed by atoms with Gasteiger partial charge in [0.25, 0.3) is 0 Å². The highest BCUT2D eigenvalue weighted by atomic mass is 79.9. The van der Waals surface area contributed by atoms with E-state index in [2.05, 4.69) is 27.3 Å². The number of aryl methyl sites for hydroxylation is 1. The van der Waals surface area contributed by atoms with Crippen molar-refractivity contribution in [2.75, 3.05) is 5.32 Å². The Morgan fingerprint density at radius 1 is 1.26 bits per heavy atom. The van der Waals surface area contributed by atoms with Crippen LogP contribution in [0.3, 0.4) is 0 Å². The van der Waals surface area contributed by atoms with Crippen molar-refractivity contribution in [1.82, 2.24) is 0 Å². The Bertz CT molecular complexity index is 634. The van der Waals surface area contributed by atoms with Crippen LogP contribution < -0.4 is 5.32 Å². The lowest BCUT2D eigenvalue weighted by atomic mass is 10.1. The minimum absolute atomic E-state index is 0.337. The molecule has 19 heavy (non-hydrogen) atoms. The number of anilines is 1. The van der Waals surface area contributed by atoms with Crippen molar-refractivity contribution in [2.24, 2.45) is 0 Å². The van der Waals surface area contributed by atoms with Gasteiger partial charge in [-0.25, -0.2) is 4.39 Å². The molecular formula is C15H12BrFN2. The lowest BCUT2D eigenvalue weighted by Crippen LogP contribution is -2.08. The van der Waals surface area contributed by atoms with Crippen LogP contribution in [-0.4, -0.2) is 0 Å². The molecule has 2 aromatic carbocycles. The predicted octanol–water partition coefficient (Wildman–Crippen LogP) is 4.57. The number of hydrogen-bond donors (Lipinski definition) is 1. The Labute approximate surface area is 120 Å². The van der Waals surface area contributed by atoms with Gasteiger partial charge in [0.15, 0.2) is 0 Å². The van der Waals surface area contributed by atoms with E-state index < -0.39 is 6.04 Å². The molecule has 0 aliphatic rings. The highest BCUT2D eigenvalue weighted by Crippen LogP contribution is 2.24. The summed E-state index contributed by atoms with van der Waals surface area (Å²) in [6, 6.07) is 14.0. The molecule has 0 radical (unpaired) electrons. The lowest BCUT2D eigenvalue weighted by molar-refractivity contribution is 0.620. The number of hydrogen-bond acceptors (Lipinski definition) is 2. The Morgan fingerprint density at radius 2 is 2.05 bits per heavy atom. The topological polar surface area (TPSA) is 35.8 Å². The van der Waals surface area contributed by atoms with Gasteiger partial charge in [-0.2, -0.15) is 5.26 Å². The molecule has 2 rings (SSSR count). The molecule has 0 heterocycles. The van der Waals surface area contributed by atoms with Crippen LogP contribution in [0.15, 0.2) is 46.9 Å². The number of nitrogens with one attached hydrogen (secondary N) is 1. The smallest absolute Gasteiger partial charge is 0.140 e. The van der Waals surface area contributed by atoms with E-state index in [1.807, 2.05) is 31.2 Å². The van der Waals surface area contributed by atoms with Gasteiger partial charge in [-0.05, 0) is 58.2 Å². The summed E-state index contributed by atoms with van der Waals surface area (Å²) in [5, 5.41) is 12.4. The first-order valence-electron chi connectivity index (χ1n) is 5.78. The van der Waals surface area contributed by atoms with Crippen LogP contribution in [0.2, 0.25) is 0 Å². The minimum Gasteiger partial charge on any atom is -0.366 e. The Hall–Kier alpha value is -1.86. The molecule has 1 atom stereocenters. The zero-order chi connectivity index (χ0) is 13.8. The third-order valence-electron chi connectivity index (χ3n) is 2.74. The second-order valence-corrected chi connectivity index (χ2v) is 5.10. The fourth-order valence-electron chi connectivity index (χ4n) is 1.78. The summed E-state index contributed by atoms with van der Waals surface area (Å²) in [4.78, 5) is 0. The van der Waals surface area contributed by atoms with E-state index in [9.17, 15) is 9.65 Å². The molecule has 0 bridgehead atoms. The van der Waals surface area contributed by atoms with Crippen LogP contribution >= 0.6 is 15.9 Å². The number of halogens is 2. The third-order valence-corrected chi connectivity index (χ3v) is 3.34. The second kappa shape index (κ2) is 5.85. The average Bonchev–Trinajstić information content (AvgIpc) is 2.39. The van der Waals surface area contributed by atoms with Gasteiger partial charge in [-0.1, -0.05) is 18.2 Å². The van der Waals surface area contributed by atoms with Crippen molar-refractivity contribution in [3.8, 4) is 6.07 Å². The molecule has 0 aromatic heterocycles. The second-order valence-electron chi connectivity index (χ2n) is 4.25. The number of benzene rings is 2. The summed E-state index contributed by atoms with van der Waals surface area (Å²) in [5.41, 5.74) is 2.70. The molecule has 0 saturated heterocycles. The van der Waals surface area contributed by atoms with E-state index in [1.54, 1.807) is 12.1 Å². The van der Waals surface area contributed by atoms with Crippen molar-refractivity contribution in [3.63, 3.8) is 0 Å². The molecule has 0 amide bonds. The zero-order valence-corrected chi connectivity index (χ0v) is 11.9. The Balaban J connectivity index is 2.25. The summed E-state index contributed by atoms with van der Waals surface area (Å²) in [6.45, 7) is 1.99. The summed E-state index contributed by atoms with van der Waals surface area (Å²) < 4.78 is 13.6. The van der Waals surface area contributed by atoms with Gasteiger partial charge in [0.05, 0.1) is 10.5 Å². The van der Waals surface area contributed by atoms with E-state index in [-0.39, 0.29) is 5.82 Å². The van der Waals surface area contributed by atoms with Crippen molar-refractivity contribution < 1.29 is 4.39 Å². The molecule has 0 aliphatic carbocycles. The van der Waals surface area contributed by atoms with Crippen LogP contribution in [0.5, 0.6) is 0 Å². The third kappa shape index (κ3) is 3.33. The quantitative estimate of drug-likeness (QED) is 0.899. The van der Waals surface area contributed by atoms with E-state index >= 15 is 0 Å². The lowest BCUT2D eigenvalue weighted by Gasteiger charge is -2.14. The first-order valence-corrected chi connectivity index (χ1v) is 6.57. The number of nitrogens with zero attached hydrogens (tertiary/aromatic N) is 1. The SMILES string of the molecule is Cc1cccc(NC(C#N)c2ccc(F)c(Br)c2)c1. The minimum atomic E-state index is -0.515. The van der Waals surface area contributed by atoms with Crippen LogP contribution in [-0.2, 0) is 0 Å². The monoisotopic (exact) mass is 318 g/mol. The van der Waals surface area contributed by atoms with Crippen molar-refractivity contribution in [3.05, 3.63) is 63.9 Å². The molecule has 1 N–H and O–H groups in total. The van der Waals surface area contributed by atoms with E-state index in [1.165, 1.54) is 6.07 Å². The van der Waals surface area contributed by atoms with Gasteiger partial charge in [-0.3, -0.25) is 0 Å². The molecule has 0 fully saturated rings. The Morgan fingerprint density at radius 3 is 2.68 bits per heavy atom. The van der Waals surface area contributed by atoms with Crippen molar-refractivity contribution in [1.29, 1.82) is 5.26 Å². The van der Waals surface area contributed by atoms with Crippen LogP contribution in [0.1, 0.15) is 17.2 Å².